The summed E-state index contributed by atoms with van der Waals surface area (Å²) in [4.78, 5) is 31.2. The molecule has 5 nitrogen and oxygen atoms in total. The second kappa shape index (κ2) is 7.06. The molecular formula is C22H21F2N3O2S. The van der Waals surface area contributed by atoms with Gasteiger partial charge in [0.15, 0.2) is 11.6 Å². The largest absolute Gasteiger partial charge is 0.326 e. The van der Waals surface area contributed by atoms with Crippen molar-refractivity contribution in [3.8, 4) is 0 Å². The van der Waals surface area contributed by atoms with Gasteiger partial charge in [0, 0.05) is 47.2 Å². The number of anilines is 2. The van der Waals surface area contributed by atoms with Crippen LogP contribution >= 0.6 is 11.8 Å². The summed E-state index contributed by atoms with van der Waals surface area (Å²) >= 11 is 1.77. The molecule has 3 heterocycles. The number of fused-ring (bicyclic) bond motifs is 4. The van der Waals surface area contributed by atoms with E-state index in [1.807, 2.05) is 31.2 Å². The highest BCUT2D eigenvalue weighted by atomic mass is 32.2. The molecule has 2 aromatic rings. The molecule has 0 aromatic heterocycles. The number of rotatable bonds is 3. The van der Waals surface area contributed by atoms with E-state index >= 15 is 0 Å². The van der Waals surface area contributed by atoms with Gasteiger partial charge in [0.2, 0.25) is 5.91 Å². The number of para-hydroxylation sites is 1. The van der Waals surface area contributed by atoms with Gasteiger partial charge in [0.25, 0.3) is 5.91 Å². The number of amides is 2. The standard InChI is InChI=1S/C22H21F2N3O2S/c1-2-26-19-6-4-3-5-15(19)22(21(26)29)16(10-14-11-30-12-27(14)22)20(28)25-13-7-8-17(23)18(24)9-13/h3-9,14,16H,2,10-12H2,1H3,(H,25,28)/t14-,16-,22-/m0/s1. The number of hydrogen-bond donors (Lipinski definition) is 1. The van der Waals surface area contributed by atoms with Crippen LogP contribution in [-0.4, -0.2) is 40.9 Å². The summed E-state index contributed by atoms with van der Waals surface area (Å²) in [6.45, 7) is 2.44. The summed E-state index contributed by atoms with van der Waals surface area (Å²) in [7, 11) is 0. The molecule has 8 heteroatoms. The zero-order valence-corrected chi connectivity index (χ0v) is 17.2. The topological polar surface area (TPSA) is 52.7 Å². The number of carbonyl (C=O) groups is 2. The third-order valence-corrected chi connectivity index (χ3v) is 7.52. The molecule has 2 fully saturated rings. The molecule has 0 saturated carbocycles. The van der Waals surface area contributed by atoms with Crippen LogP contribution in [0.2, 0.25) is 0 Å². The lowest BCUT2D eigenvalue weighted by Gasteiger charge is -2.36. The molecule has 5 rings (SSSR count). The number of nitrogens with zero attached hydrogens (tertiary/aromatic N) is 2. The minimum absolute atomic E-state index is 0.0818. The highest BCUT2D eigenvalue weighted by Gasteiger charge is 2.67. The SMILES string of the molecule is CCN1C(=O)[C@]2(c3ccccc31)[C@H](C(=O)Nc1ccc(F)c(F)c1)C[C@H]1CSCN12. The fourth-order valence-electron chi connectivity index (χ4n) is 5.20. The van der Waals surface area contributed by atoms with Crippen LogP contribution < -0.4 is 10.2 Å². The molecule has 0 radical (unpaired) electrons. The van der Waals surface area contributed by atoms with Crippen molar-refractivity contribution in [1.29, 1.82) is 0 Å². The van der Waals surface area contributed by atoms with Gasteiger partial charge in [-0.2, -0.15) is 0 Å². The van der Waals surface area contributed by atoms with Crippen molar-refractivity contribution in [3.05, 3.63) is 59.7 Å². The van der Waals surface area contributed by atoms with E-state index in [0.29, 0.717) is 18.8 Å². The van der Waals surface area contributed by atoms with Gasteiger partial charge in [-0.15, -0.1) is 11.8 Å². The van der Waals surface area contributed by atoms with Gasteiger partial charge in [-0.1, -0.05) is 18.2 Å². The fraction of sp³-hybridized carbons (Fsp3) is 0.364. The number of thioether (sulfide) groups is 1. The second-order valence-electron chi connectivity index (χ2n) is 7.86. The Morgan fingerprint density at radius 3 is 2.80 bits per heavy atom. The Labute approximate surface area is 177 Å². The fourth-order valence-corrected chi connectivity index (χ4v) is 6.50. The summed E-state index contributed by atoms with van der Waals surface area (Å²) in [5, 5.41) is 2.73. The third kappa shape index (κ3) is 2.56. The van der Waals surface area contributed by atoms with E-state index in [-0.39, 0.29) is 23.5 Å². The minimum Gasteiger partial charge on any atom is -0.326 e. The Morgan fingerprint density at radius 1 is 1.23 bits per heavy atom. The van der Waals surface area contributed by atoms with Gasteiger partial charge in [0.1, 0.15) is 5.54 Å². The molecule has 3 aliphatic heterocycles. The Balaban J connectivity index is 1.59. The molecule has 2 aromatic carbocycles. The summed E-state index contributed by atoms with van der Waals surface area (Å²) in [6.07, 6.45) is 0.542. The predicted octanol–water partition coefficient (Wildman–Crippen LogP) is 3.56. The summed E-state index contributed by atoms with van der Waals surface area (Å²) < 4.78 is 26.9. The maximum Gasteiger partial charge on any atom is 0.253 e. The van der Waals surface area contributed by atoms with Crippen LogP contribution in [0.25, 0.3) is 0 Å². The molecule has 30 heavy (non-hydrogen) atoms. The van der Waals surface area contributed by atoms with Crippen molar-refractivity contribution in [2.24, 2.45) is 5.92 Å². The van der Waals surface area contributed by atoms with E-state index in [0.717, 1.165) is 29.1 Å². The van der Waals surface area contributed by atoms with Gasteiger partial charge >= 0.3 is 0 Å². The van der Waals surface area contributed by atoms with E-state index in [1.54, 1.807) is 16.7 Å². The maximum atomic E-state index is 13.8. The molecule has 0 aliphatic carbocycles. The molecule has 0 unspecified atom stereocenters. The Kier molecular flexibility index (Phi) is 4.59. The lowest BCUT2D eigenvalue weighted by Crippen LogP contribution is -2.55. The van der Waals surface area contributed by atoms with Crippen molar-refractivity contribution in [2.75, 3.05) is 28.4 Å². The van der Waals surface area contributed by atoms with E-state index in [2.05, 4.69) is 10.2 Å². The normalized spacial score (nSPS) is 27.6. The number of halogens is 2. The van der Waals surface area contributed by atoms with Crippen LogP contribution in [0.15, 0.2) is 42.5 Å². The van der Waals surface area contributed by atoms with Crippen LogP contribution in [0.5, 0.6) is 0 Å². The minimum atomic E-state index is -1.07. The highest BCUT2D eigenvalue weighted by Crippen LogP contribution is 2.57. The van der Waals surface area contributed by atoms with Crippen LogP contribution in [0.1, 0.15) is 18.9 Å². The van der Waals surface area contributed by atoms with Gasteiger partial charge < -0.3 is 10.2 Å². The van der Waals surface area contributed by atoms with Crippen molar-refractivity contribution in [1.82, 2.24) is 4.90 Å². The van der Waals surface area contributed by atoms with Gasteiger partial charge in [0.05, 0.1) is 5.92 Å². The van der Waals surface area contributed by atoms with Gasteiger partial charge in [-0.05, 0) is 31.5 Å². The molecule has 3 aliphatic rings. The first-order valence-electron chi connectivity index (χ1n) is 10.00. The molecular weight excluding hydrogens is 408 g/mol. The Morgan fingerprint density at radius 2 is 2.03 bits per heavy atom. The first kappa shape index (κ1) is 19.5. The Bertz CT molecular complexity index is 1050. The Hall–Kier alpha value is -2.45. The summed E-state index contributed by atoms with van der Waals surface area (Å²) in [6, 6.07) is 11.1. The molecule has 2 amide bonds. The quantitative estimate of drug-likeness (QED) is 0.811. The lowest BCUT2D eigenvalue weighted by atomic mass is 9.79. The number of benzene rings is 2. The molecule has 1 spiro atoms. The van der Waals surface area contributed by atoms with E-state index < -0.39 is 23.1 Å². The first-order chi connectivity index (χ1) is 14.5. The van der Waals surface area contributed by atoms with Crippen LogP contribution in [0.3, 0.4) is 0 Å². The molecule has 0 bridgehead atoms. The summed E-state index contributed by atoms with van der Waals surface area (Å²) in [5.74, 6) is -1.51. The van der Waals surface area contributed by atoms with Crippen LogP contribution in [0.4, 0.5) is 20.2 Å². The third-order valence-electron chi connectivity index (χ3n) is 6.44. The number of carbonyl (C=O) groups excluding carboxylic acids is 2. The lowest BCUT2D eigenvalue weighted by molar-refractivity contribution is -0.136. The van der Waals surface area contributed by atoms with E-state index in [9.17, 15) is 18.4 Å². The van der Waals surface area contributed by atoms with Crippen molar-refractivity contribution in [2.45, 2.75) is 24.9 Å². The first-order valence-corrected chi connectivity index (χ1v) is 11.2. The number of nitrogens with one attached hydrogen (secondary N) is 1. The van der Waals surface area contributed by atoms with E-state index in [4.69, 9.17) is 0 Å². The van der Waals surface area contributed by atoms with Crippen LogP contribution in [-0.2, 0) is 15.1 Å². The van der Waals surface area contributed by atoms with Crippen molar-refractivity contribution < 1.29 is 18.4 Å². The van der Waals surface area contributed by atoms with Gasteiger partial charge in [-0.3, -0.25) is 14.5 Å². The average Bonchev–Trinajstić information content (AvgIpc) is 3.38. The molecule has 156 valence electrons. The average molecular weight is 429 g/mol. The predicted molar refractivity (Wildman–Crippen MR) is 112 cm³/mol. The van der Waals surface area contributed by atoms with Crippen LogP contribution in [0, 0.1) is 17.6 Å². The molecule has 3 atom stereocenters. The van der Waals surface area contributed by atoms with Gasteiger partial charge in [-0.25, -0.2) is 8.78 Å². The zero-order valence-electron chi connectivity index (χ0n) is 16.4. The summed E-state index contributed by atoms with van der Waals surface area (Å²) in [5.41, 5.74) is 0.811. The molecule has 1 N–H and O–H groups in total. The zero-order chi connectivity index (χ0) is 21.0. The maximum absolute atomic E-state index is 13.8. The van der Waals surface area contributed by atoms with Crippen molar-refractivity contribution >= 4 is 35.0 Å². The smallest absolute Gasteiger partial charge is 0.253 e. The monoisotopic (exact) mass is 429 g/mol. The second-order valence-corrected chi connectivity index (χ2v) is 8.86. The van der Waals surface area contributed by atoms with Crippen molar-refractivity contribution in [3.63, 3.8) is 0 Å². The van der Waals surface area contributed by atoms with E-state index in [1.165, 1.54) is 6.07 Å². The molecule has 2 saturated heterocycles. The highest BCUT2D eigenvalue weighted by molar-refractivity contribution is 7.99. The number of likely N-dealkylation sites (N-methyl/N-ethyl adjacent to an activating group) is 1. The number of hydrogen-bond acceptors (Lipinski definition) is 4.